The maximum atomic E-state index is 11.9. The highest BCUT2D eigenvalue weighted by molar-refractivity contribution is 5.95. The highest BCUT2D eigenvalue weighted by Crippen LogP contribution is 2.18. The van der Waals surface area contributed by atoms with Crippen LogP contribution >= 0.6 is 0 Å². The largest absolute Gasteiger partial charge is 0.394 e. The molecule has 106 valence electrons. The first-order chi connectivity index (χ1) is 9.60. The van der Waals surface area contributed by atoms with Crippen molar-refractivity contribution in [2.45, 2.75) is 13.0 Å². The third kappa shape index (κ3) is 3.43. The molecule has 0 aliphatic rings. The van der Waals surface area contributed by atoms with Crippen molar-refractivity contribution in [1.82, 2.24) is 15.3 Å². The standard InChI is InChI=1S/C14H17N3O3/c1-9-15-7-13(17-9)10-3-2-4-11(5-10)14(20)16-6-12(19)8-18/h2-5,7,12,18-19H,6,8H2,1H3,(H,15,17)(H,16,20)/t12-/m0/s1. The molecule has 6 heteroatoms. The summed E-state index contributed by atoms with van der Waals surface area (Å²) in [5, 5.41) is 20.5. The van der Waals surface area contributed by atoms with Gasteiger partial charge in [0, 0.05) is 17.7 Å². The van der Waals surface area contributed by atoms with Crippen LogP contribution in [0, 0.1) is 6.92 Å². The van der Waals surface area contributed by atoms with Gasteiger partial charge < -0.3 is 20.5 Å². The molecule has 1 aromatic carbocycles. The van der Waals surface area contributed by atoms with Gasteiger partial charge in [0.15, 0.2) is 0 Å². The molecule has 0 aliphatic carbocycles. The Morgan fingerprint density at radius 2 is 2.30 bits per heavy atom. The second kappa shape index (κ2) is 6.31. The van der Waals surface area contributed by atoms with Crippen LogP contribution in [0.25, 0.3) is 11.3 Å². The van der Waals surface area contributed by atoms with E-state index in [0.29, 0.717) is 5.56 Å². The number of aryl methyl sites for hydroxylation is 1. The summed E-state index contributed by atoms with van der Waals surface area (Å²) < 4.78 is 0. The summed E-state index contributed by atoms with van der Waals surface area (Å²) in [7, 11) is 0. The molecule has 0 unspecified atom stereocenters. The highest BCUT2D eigenvalue weighted by Gasteiger charge is 2.10. The van der Waals surface area contributed by atoms with Crippen LogP contribution in [0.4, 0.5) is 0 Å². The molecule has 1 aromatic heterocycles. The Morgan fingerprint density at radius 3 is 2.95 bits per heavy atom. The summed E-state index contributed by atoms with van der Waals surface area (Å²) in [5.41, 5.74) is 2.19. The SMILES string of the molecule is Cc1ncc(-c2cccc(C(=O)NC[C@H](O)CO)c2)[nH]1. The van der Waals surface area contributed by atoms with Gasteiger partial charge in [-0.3, -0.25) is 4.79 Å². The smallest absolute Gasteiger partial charge is 0.251 e. The number of aromatic amines is 1. The molecule has 1 heterocycles. The molecule has 1 atom stereocenters. The second-order valence-electron chi connectivity index (χ2n) is 4.51. The minimum atomic E-state index is -0.947. The Labute approximate surface area is 116 Å². The van der Waals surface area contributed by atoms with Gasteiger partial charge in [-0.05, 0) is 19.1 Å². The van der Waals surface area contributed by atoms with Crippen molar-refractivity contribution < 1.29 is 15.0 Å². The number of carbonyl (C=O) groups is 1. The van der Waals surface area contributed by atoms with E-state index in [9.17, 15) is 9.90 Å². The van der Waals surface area contributed by atoms with E-state index in [1.165, 1.54) is 0 Å². The first-order valence-electron chi connectivity index (χ1n) is 6.29. The predicted octanol–water partition coefficient (Wildman–Crippen LogP) is 0.468. The number of nitrogens with zero attached hydrogens (tertiary/aromatic N) is 1. The first-order valence-corrected chi connectivity index (χ1v) is 6.29. The van der Waals surface area contributed by atoms with Crippen molar-refractivity contribution in [3.05, 3.63) is 41.9 Å². The van der Waals surface area contributed by atoms with E-state index < -0.39 is 6.10 Å². The van der Waals surface area contributed by atoms with Gasteiger partial charge in [0.05, 0.1) is 24.6 Å². The molecule has 0 fully saturated rings. The fraction of sp³-hybridized carbons (Fsp3) is 0.286. The number of carbonyl (C=O) groups excluding carboxylic acids is 1. The van der Waals surface area contributed by atoms with Crippen LogP contribution in [0.5, 0.6) is 0 Å². The molecule has 20 heavy (non-hydrogen) atoms. The first kappa shape index (κ1) is 14.2. The third-order valence-electron chi connectivity index (χ3n) is 2.85. The van der Waals surface area contributed by atoms with E-state index >= 15 is 0 Å². The summed E-state index contributed by atoms with van der Waals surface area (Å²) in [6.45, 7) is 1.49. The average molecular weight is 275 g/mol. The Balaban J connectivity index is 2.11. The van der Waals surface area contributed by atoms with Crippen LogP contribution in [0.1, 0.15) is 16.2 Å². The quantitative estimate of drug-likeness (QED) is 0.637. The number of hydrogen-bond donors (Lipinski definition) is 4. The number of rotatable bonds is 5. The van der Waals surface area contributed by atoms with Gasteiger partial charge in [0.1, 0.15) is 5.82 Å². The molecule has 0 saturated heterocycles. The number of amides is 1. The fourth-order valence-electron chi connectivity index (χ4n) is 1.77. The van der Waals surface area contributed by atoms with Gasteiger partial charge in [0.2, 0.25) is 0 Å². The summed E-state index contributed by atoms with van der Waals surface area (Å²) >= 11 is 0. The fourth-order valence-corrected chi connectivity index (χ4v) is 1.77. The molecule has 4 N–H and O–H groups in total. The van der Waals surface area contributed by atoms with Crippen molar-refractivity contribution >= 4 is 5.91 Å². The minimum Gasteiger partial charge on any atom is -0.394 e. The molecule has 6 nitrogen and oxygen atoms in total. The molecular weight excluding hydrogens is 258 g/mol. The molecule has 0 spiro atoms. The summed E-state index contributed by atoms with van der Waals surface area (Å²) in [5.74, 6) is 0.511. The lowest BCUT2D eigenvalue weighted by Gasteiger charge is -2.09. The van der Waals surface area contributed by atoms with Crippen molar-refractivity contribution in [3.8, 4) is 11.3 Å². The van der Waals surface area contributed by atoms with Crippen LogP contribution < -0.4 is 5.32 Å². The number of aromatic nitrogens is 2. The average Bonchev–Trinajstić information content (AvgIpc) is 2.91. The predicted molar refractivity (Wildman–Crippen MR) is 74.2 cm³/mol. The van der Waals surface area contributed by atoms with Gasteiger partial charge in [-0.15, -0.1) is 0 Å². The number of nitrogens with one attached hydrogen (secondary N) is 2. The van der Waals surface area contributed by atoms with Gasteiger partial charge in [0.25, 0.3) is 5.91 Å². The topological polar surface area (TPSA) is 98.2 Å². The summed E-state index contributed by atoms with van der Waals surface area (Å²) in [6.07, 6.45) is 0.763. The monoisotopic (exact) mass is 275 g/mol. The molecule has 2 rings (SSSR count). The third-order valence-corrected chi connectivity index (χ3v) is 2.85. The lowest BCUT2D eigenvalue weighted by molar-refractivity contribution is 0.0802. The van der Waals surface area contributed by atoms with Crippen molar-refractivity contribution in [2.75, 3.05) is 13.2 Å². The van der Waals surface area contributed by atoms with E-state index in [1.807, 2.05) is 13.0 Å². The van der Waals surface area contributed by atoms with Gasteiger partial charge in [-0.1, -0.05) is 12.1 Å². The molecule has 1 amide bonds. The van der Waals surface area contributed by atoms with Crippen LogP contribution in [-0.4, -0.2) is 45.3 Å². The van der Waals surface area contributed by atoms with Crippen molar-refractivity contribution in [2.24, 2.45) is 0 Å². The summed E-state index contributed by atoms with van der Waals surface area (Å²) in [4.78, 5) is 19.1. The van der Waals surface area contributed by atoms with Gasteiger partial charge in [-0.25, -0.2) is 4.98 Å². The maximum Gasteiger partial charge on any atom is 0.251 e. The number of aliphatic hydroxyl groups is 2. The highest BCUT2D eigenvalue weighted by atomic mass is 16.3. The molecule has 2 aromatic rings. The van der Waals surface area contributed by atoms with Crippen LogP contribution in [0.15, 0.2) is 30.5 Å². The van der Waals surface area contributed by atoms with E-state index in [1.54, 1.807) is 24.4 Å². The zero-order valence-corrected chi connectivity index (χ0v) is 11.1. The number of H-pyrrole nitrogens is 1. The maximum absolute atomic E-state index is 11.9. The minimum absolute atomic E-state index is 0.0166. The Bertz CT molecular complexity index is 595. The zero-order valence-electron chi connectivity index (χ0n) is 11.1. The van der Waals surface area contributed by atoms with Crippen LogP contribution in [0.2, 0.25) is 0 Å². The number of benzene rings is 1. The number of imidazole rings is 1. The van der Waals surface area contributed by atoms with Gasteiger partial charge in [-0.2, -0.15) is 0 Å². The Morgan fingerprint density at radius 1 is 1.50 bits per heavy atom. The van der Waals surface area contributed by atoms with Crippen molar-refractivity contribution in [3.63, 3.8) is 0 Å². The van der Waals surface area contributed by atoms with Crippen LogP contribution in [-0.2, 0) is 0 Å². The Kier molecular flexibility index (Phi) is 4.49. The Hall–Kier alpha value is -2.18. The molecule has 0 aliphatic heterocycles. The van der Waals surface area contributed by atoms with E-state index in [0.717, 1.165) is 17.1 Å². The molecule has 0 saturated carbocycles. The normalized spacial score (nSPS) is 12.2. The molecule has 0 bridgehead atoms. The van der Waals surface area contributed by atoms with E-state index in [4.69, 9.17) is 5.11 Å². The molecular formula is C14H17N3O3. The lowest BCUT2D eigenvalue weighted by Crippen LogP contribution is -2.33. The van der Waals surface area contributed by atoms with Crippen molar-refractivity contribution in [1.29, 1.82) is 0 Å². The summed E-state index contributed by atoms with van der Waals surface area (Å²) in [6, 6.07) is 7.09. The lowest BCUT2D eigenvalue weighted by atomic mass is 10.1. The second-order valence-corrected chi connectivity index (χ2v) is 4.51. The van der Waals surface area contributed by atoms with Crippen LogP contribution in [0.3, 0.4) is 0 Å². The molecule has 0 radical (unpaired) electrons. The zero-order chi connectivity index (χ0) is 14.5. The van der Waals surface area contributed by atoms with Gasteiger partial charge >= 0.3 is 0 Å². The number of hydrogen-bond acceptors (Lipinski definition) is 4. The number of aliphatic hydroxyl groups excluding tert-OH is 2. The van der Waals surface area contributed by atoms with E-state index in [2.05, 4.69) is 15.3 Å². The van der Waals surface area contributed by atoms with E-state index in [-0.39, 0.29) is 19.1 Å².